The summed E-state index contributed by atoms with van der Waals surface area (Å²) in [6.07, 6.45) is -21.9. The summed E-state index contributed by atoms with van der Waals surface area (Å²) >= 11 is 0. The van der Waals surface area contributed by atoms with Crippen LogP contribution in [0.25, 0.3) is 0 Å². The van der Waals surface area contributed by atoms with Crippen molar-refractivity contribution in [1.82, 2.24) is 0 Å². The molecule has 11 N–H and O–H groups in total. The molecule has 0 heterocycles. The van der Waals surface area contributed by atoms with Crippen LogP contribution in [0.15, 0.2) is 0 Å². The Hall–Kier alpha value is -0.770. The average molecular weight is 374 g/mol. The van der Waals surface area contributed by atoms with Crippen LogP contribution in [0.4, 0.5) is 0 Å². The van der Waals surface area contributed by atoms with Crippen LogP contribution in [0.1, 0.15) is 6.92 Å². The van der Waals surface area contributed by atoms with Crippen LogP contribution < -0.4 is 0 Å². The molecule has 10 atom stereocenters. The highest BCUT2D eigenvalue weighted by Gasteiger charge is 2.43. The van der Waals surface area contributed by atoms with Crippen LogP contribution in [0.5, 0.6) is 0 Å². The molecule has 0 amide bonds. The summed E-state index contributed by atoms with van der Waals surface area (Å²) in [7, 11) is 0. The van der Waals surface area contributed by atoms with Gasteiger partial charge in [-0.3, -0.25) is 4.79 Å². The quantitative estimate of drug-likeness (QED) is 0.162. The molecule has 0 unspecified atom stereocenters. The summed E-state index contributed by atoms with van der Waals surface area (Å²) in [5.74, 6) is -1.68. The van der Waals surface area contributed by atoms with E-state index in [1.807, 2.05) is 0 Å². The molecule has 12 nitrogen and oxygen atoms in total. The van der Waals surface area contributed by atoms with E-state index in [-0.39, 0.29) is 0 Å². The standard InChI is InChI=1S/C13H26O12/c1-3(15)5(17)7(19)9(21)11(23)13(25)12(24)10(22)8(20)6(18)4(16)2-14/h3-12,14-24H,2H2,1H3/t3-,4+,5+,6-,7+,8-,9+,10+,11-,12+/m1/s1. The molecule has 0 saturated heterocycles. The van der Waals surface area contributed by atoms with E-state index in [1.54, 1.807) is 0 Å². The maximum atomic E-state index is 11.8. The number of carbonyl (C=O) groups excluding carboxylic acids is 1. The molecule has 0 rings (SSSR count). The maximum Gasteiger partial charge on any atom is 0.195 e. The highest BCUT2D eigenvalue weighted by Crippen LogP contribution is 2.14. The Morgan fingerprint density at radius 1 is 0.640 bits per heavy atom. The molecule has 0 fully saturated rings. The van der Waals surface area contributed by atoms with Crippen molar-refractivity contribution < 1.29 is 61.0 Å². The number of aliphatic hydroxyl groups excluding tert-OH is 11. The maximum absolute atomic E-state index is 11.8. The van der Waals surface area contributed by atoms with E-state index >= 15 is 0 Å². The molecule has 0 aromatic heterocycles. The lowest BCUT2D eigenvalue weighted by molar-refractivity contribution is -0.173. The van der Waals surface area contributed by atoms with Crippen LogP contribution in [-0.4, -0.2) is 130 Å². The van der Waals surface area contributed by atoms with E-state index in [0.717, 1.165) is 6.92 Å². The third-order valence-corrected chi connectivity index (χ3v) is 3.71. The van der Waals surface area contributed by atoms with Gasteiger partial charge in [-0.2, -0.15) is 0 Å². The molecule has 150 valence electrons. The molecule has 0 aromatic rings. The molecule has 0 aromatic carbocycles. The summed E-state index contributed by atoms with van der Waals surface area (Å²) < 4.78 is 0. The molecular weight excluding hydrogens is 348 g/mol. The predicted octanol–water partition coefficient (Wildman–Crippen LogP) is -6.82. The number of hydrogen-bond donors (Lipinski definition) is 11. The summed E-state index contributed by atoms with van der Waals surface area (Å²) in [5, 5.41) is 103. The normalized spacial score (nSPS) is 24.3. The Kier molecular flexibility index (Phi) is 10.1. The Balaban J connectivity index is 5.01. The van der Waals surface area contributed by atoms with Crippen molar-refractivity contribution in [1.29, 1.82) is 0 Å². The van der Waals surface area contributed by atoms with Crippen LogP contribution in [0, 0.1) is 0 Å². The van der Waals surface area contributed by atoms with Gasteiger partial charge in [0.05, 0.1) is 12.7 Å². The van der Waals surface area contributed by atoms with E-state index in [1.165, 1.54) is 0 Å². The van der Waals surface area contributed by atoms with Gasteiger partial charge in [-0.25, -0.2) is 0 Å². The van der Waals surface area contributed by atoms with Gasteiger partial charge in [0.15, 0.2) is 5.78 Å². The highest BCUT2D eigenvalue weighted by atomic mass is 16.4. The van der Waals surface area contributed by atoms with Crippen molar-refractivity contribution in [3.8, 4) is 0 Å². The van der Waals surface area contributed by atoms with Gasteiger partial charge >= 0.3 is 0 Å². The van der Waals surface area contributed by atoms with E-state index in [9.17, 15) is 45.6 Å². The molecule has 0 spiro atoms. The van der Waals surface area contributed by atoms with Gasteiger partial charge in [-0.1, -0.05) is 0 Å². The average Bonchev–Trinajstić information content (AvgIpc) is 2.61. The van der Waals surface area contributed by atoms with Gasteiger partial charge in [0, 0.05) is 0 Å². The number of aliphatic hydroxyl groups is 11. The molecule has 0 aliphatic heterocycles. The molecule has 0 radical (unpaired) electrons. The number of hydrogen-bond acceptors (Lipinski definition) is 12. The number of rotatable bonds is 11. The molecular formula is C13H26O12. The first-order valence-electron chi connectivity index (χ1n) is 7.33. The molecule has 0 aliphatic carbocycles. The summed E-state index contributed by atoms with van der Waals surface area (Å²) in [6.45, 7) is 0.0530. The largest absolute Gasteiger partial charge is 0.394 e. The fraction of sp³-hybridized carbons (Fsp3) is 0.923. The number of ketones is 1. The molecule has 12 heteroatoms. The summed E-state index contributed by atoms with van der Waals surface area (Å²) in [4.78, 5) is 11.8. The number of Topliss-reactive ketones (excluding diaryl/α,β-unsaturated/α-hetero) is 1. The molecule has 0 saturated carbocycles. The fourth-order valence-corrected chi connectivity index (χ4v) is 1.91. The van der Waals surface area contributed by atoms with Crippen LogP contribution in [0.3, 0.4) is 0 Å². The second-order valence-corrected chi connectivity index (χ2v) is 5.73. The van der Waals surface area contributed by atoms with E-state index in [4.69, 9.17) is 15.3 Å². The second kappa shape index (κ2) is 10.4. The van der Waals surface area contributed by atoms with Crippen LogP contribution in [0.2, 0.25) is 0 Å². The minimum atomic E-state index is -2.56. The van der Waals surface area contributed by atoms with Crippen LogP contribution in [-0.2, 0) is 4.79 Å². The van der Waals surface area contributed by atoms with Crippen molar-refractivity contribution in [2.45, 2.75) is 68.0 Å². The molecule has 25 heavy (non-hydrogen) atoms. The Labute approximate surface area is 142 Å². The SMILES string of the molecule is C[C@@H](O)[C@H](O)[C@H](O)[C@H](O)[C@@H](O)C(=O)[C@@H](O)[C@@H](O)[C@H](O)[C@H](O)[C@@H](O)CO. The first-order valence-corrected chi connectivity index (χ1v) is 7.33. The van der Waals surface area contributed by atoms with Gasteiger partial charge in [0.1, 0.15) is 54.9 Å². The Morgan fingerprint density at radius 2 is 1.00 bits per heavy atom. The zero-order chi connectivity index (χ0) is 20.1. The van der Waals surface area contributed by atoms with Gasteiger partial charge in [0.25, 0.3) is 0 Å². The number of carbonyl (C=O) groups is 1. The van der Waals surface area contributed by atoms with Crippen molar-refractivity contribution >= 4 is 5.78 Å². The second-order valence-electron chi connectivity index (χ2n) is 5.73. The van der Waals surface area contributed by atoms with Crippen molar-refractivity contribution in [3.05, 3.63) is 0 Å². The monoisotopic (exact) mass is 374 g/mol. The molecule has 0 aliphatic rings. The zero-order valence-electron chi connectivity index (χ0n) is 13.3. The Morgan fingerprint density at radius 3 is 1.32 bits per heavy atom. The summed E-state index contributed by atoms with van der Waals surface area (Å²) in [6, 6.07) is 0. The first kappa shape index (κ1) is 24.2. The Bertz CT molecular complexity index is 404. The lowest BCUT2D eigenvalue weighted by atomic mass is 9.91. The van der Waals surface area contributed by atoms with E-state index in [2.05, 4.69) is 0 Å². The summed E-state index contributed by atoms with van der Waals surface area (Å²) in [5.41, 5.74) is 0. The lowest BCUT2D eigenvalue weighted by Crippen LogP contribution is -2.57. The topological polar surface area (TPSA) is 240 Å². The van der Waals surface area contributed by atoms with Gasteiger partial charge in [0.2, 0.25) is 0 Å². The van der Waals surface area contributed by atoms with E-state index in [0.29, 0.717) is 0 Å². The van der Waals surface area contributed by atoms with E-state index < -0.39 is 73.4 Å². The van der Waals surface area contributed by atoms with Gasteiger partial charge in [-0.15, -0.1) is 0 Å². The predicted molar refractivity (Wildman–Crippen MR) is 77.8 cm³/mol. The fourth-order valence-electron chi connectivity index (χ4n) is 1.91. The zero-order valence-corrected chi connectivity index (χ0v) is 13.3. The van der Waals surface area contributed by atoms with Crippen molar-refractivity contribution in [2.75, 3.05) is 6.61 Å². The van der Waals surface area contributed by atoms with Crippen molar-refractivity contribution in [2.24, 2.45) is 0 Å². The van der Waals surface area contributed by atoms with Gasteiger partial charge < -0.3 is 56.2 Å². The van der Waals surface area contributed by atoms with Crippen LogP contribution >= 0.6 is 0 Å². The van der Waals surface area contributed by atoms with Gasteiger partial charge in [-0.05, 0) is 6.92 Å². The minimum absolute atomic E-state index is 1.00. The smallest absolute Gasteiger partial charge is 0.195 e. The lowest BCUT2D eigenvalue weighted by Gasteiger charge is -2.31. The highest BCUT2D eigenvalue weighted by molar-refractivity contribution is 5.88. The van der Waals surface area contributed by atoms with Crippen molar-refractivity contribution in [3.63, 3.8) is 0 Å². The molecule has 0 bridgehead atoms. The first-order chi connectivity index (χ1) is 11.4. The third kappa shape index (κ3) is 6.16. The minimum Gasteiger partial charge on any atom is -0.394 e. The third-order valence-electron chi connectivity index (χ3n) is 3.71.